The van der Waals surface area contributed by atoms with Crippen molar-refractivity contribution in [3.63, 3.8) is 0 Å². The second-order valence-electron chi connectivity index (χ2n) is 6.36. The first-order valence-electron chi connectivity index (χ1n) is 8.68. The molecule has 152 valence electrons. The monoisotopic (exact) mass is 507 g/mol. The van der Waals surface area contributed by atoms with E-state index in [-0.39, 0.29) is 23.1 Å². The van der Waals surface area contributed by atoms with Crippen molar-refractivity contribution in [3.8, 4) is 23.0 Å². The molecule has 0 aliphatic heterocycles. The lowest BCUT2D eigenvalue weighted by Crippen LogP contribution is -1.98. The molecular weight excluding hydrogens is 496 g/mol. The van der Waals surface area contributed by atoms with E-state index < -0.39 is 5.82 Å². The second-order valence-corrected chi connectivity index (χ2v) is 8.12. The fourth-order valence-corrected chi connectivity index (χ4v) is 3.75. The second kappa shape index (κ2) is 8.63. The van der Waals surface area contributed by atoms with Crippen molar-refractivity contribution in [1.82, 2.24) is 10.2 Å². The molecule has 4 aromatic rings. The highest BCUT2D eigenvalue weighted by Crippen LogP contribution is 2.36. The molecule has 0 bridgehead atoms. The lowest BCUT2D eigenvalue weighted by molar-refractivity contribution is 0.437. The van der Waals surface area contributed by atoms with E-state index in [0.29, 0.717) is 32.4 Å². The molecule has 3 aromatic carbocycles. The molecule has 30 heavy (non-hydrogen) atoms. The maximum Gasteiger partial charge on any atom is 0.247 e. The molecule has 0 atom stereocenters. The topological polar surface area (TPSA) is 74.2 Å². The number of rotatable bonds is 5. The van der Waals surface area contributed by atoms with Crippen LogP contribution in [0.1, 0.15) is 11.5 Å². The Balaban J connectivity index is 1.60. The van der Waals surface area contributed by atoms with Crippen molar-refractivity contribution in [2.75, 3.05) is 5.73 Å². The summed E-state index contributed by atoms with van der Waals surface area (Å²) in [5.74, 6) is 0.183. The van der Waals surface area contributed by atoms with E-state index in [1.54, 1.807) is 54.6 Å². The highest BCUT2D eigenvalue weighted by molar-refractivity contribution is 9.10. The quantitative estimate of drug-likeness (QED) is 0.296. The summed E-state index contributed by atoms with van der Waals surface area (Å²) in [5, 5.41) is 8.57. The Kier molecular flexibility index (Phi) is 5.94. The fourth-order valence-electron chi connectivity index (χ4n) is 2.74. The third-order valence-corrected chi connectivity index (χ3v) is 5.12. The molecule has 5 nitrogen and oxygen atoms in total. The van der Waals surface area contributed by atoms with Gasteiger partial charge in [-0.15, -0.1) is 10.2 Å². The molecule has 2 N–H and O–H groups in total. The molecule has 4 rings (SSSR count). The first kappa shape index (κ1) is 20.7. The van der Waals surface area contributed by atoms with Crippen LogP contribution in [0.4, 0.5) is 10.1 Å². The van der Waals surface area contributed by atoms with Gasteiger partial charge in [0.1, 0.15) is 5.75 Å². The van der Waals surface area contributed by atoms with Gasteiger partial charge in [0.05, 0.1) is 11.4 Å². The number of aromatic nitrogens is 2. The Bertz CT molecular complexity index is 1200. The number of hydrogen-bond donors (Lipinski definition) is 1. The fraction of sp³-hybridized carbons (Fsp3) is 0.0476. The van der Waals surface area contributed by atoms with Crippen molar-refractivity contribution in [2.24, 2.45) is 0 Å². The molecule has 0 spiro atoms. The van der Waals surface area contributed by atoms with Crippen LogP contribution in [-0.2, 0) is 6.42 Å². The summed E-state index contributed by atoms with van der Waals surface area (Å²) in [6.07, 6.45) is 0.0700. The standard InChI is InChI=1S/C21H13BrCl2FN3O2/c22-13-8-14(23)10-16(9-13)29-20-17(24)6-3-12(19(20)25)7-18-27-28-21(30-18)11-1-4-15(26)5-2-11/h1-6,8-10H,7,26H2. The van der Waals surface area contributed by atoms with Gasteiger partial charge in [-0.1, -0.05) is 45.2 Å². The molecule has 0 aliphatic rings. The average molecular weight is 509 g/mol. The number of nitrogens with zero attached hydrogens (tertiary/aromatic N) is 2. The third-order valence-electron chi connectivity index (χ3n) is 4.15. The van der Waals surface area contributed by atoms with Gasteiger partial charge in [-0.25, -0.2) is 4.39 Å². The highest BCUT2D eigenvalue weighted by Gasteiger charge is 2.18. The van der Waals surface area contributed by atoms with Crippen LogP contribution in [-0.4, -0.2) is 10.2 Å². The van der Waals surface area contributed by atoms with Crippen molar-refractivity contribution in [2.45, 2.75) is 6.42 Å². The predicted octanol–water partition coefficient (Wildman–Crippen LogP) is 6.91. The van der Waals surface area contributed by atoms with Crippen LogP contribution >= 0.6 is 39.1 Å². The average Bonchev–Trinajstić information content (AvgIpc) is 3.16. The van der Waals surface area contributed by atoms with E-state index in [1.807, 2.05) is 0 Å². The highest BCUT2D eigenvalue weighted by atomic mass is 79.9. The molecule has 1 aromatic heterocycles. The number of halogens is 4. The maximum absolute atomic E-state index is 15.1. The number of ether oxygens (including phenoxy) is 1. The summed E-state index contributed by atoms with van der Waals surface area (Å²) in [6, 6.07) is 15.0. The molecule has 0 fully saturated rings. The number of nitrogen functional groups attached to an aromatic ring is 1. The van der Waals surface area contributed by atoms with E-state index in [4.69, 9.17) is 38.1 Å². The van der Waals surface area contributed by atoms with Crippen molar-refractivity contribution >= 4 is 44.8 Å². The molecule has 0 saturated heterocycles. The summed E-state index contributed by atoms with van der Waals surface area (Å²) in [4.78, 5) is 0. The Morgan fingerprint density at radius 3 is 2.53 bits per heavy atom. The van der Waals surface area contributed by atoms with Gasteiger partial charge in [-0.3, -0.25) is 0 Å². The van der Waals surface area contributed by atoms with Gasteiger partial charge < -0.3 is 14.9 Å². The van der Waals surface area contributed by atoms with Crippen molar-refractivity contribution in [3.05, 3.63) is 86.4 Å². The smallest absolute Gasteiger partial charge is 0.247 e. The zero-order valence-electron chi connectivity index (χ0n) is 15.2. The molecule has 0 aliphatic carbocycles. The van der Waals surface area contributed by atoms with Crippen LogP contribution in [0.5, 0.6) is 11.5 Å². The number of benzene rings is 3. The van der Waals surface area contributed by atoms with Crippen LogP contribution in [0.25, 0.3) is 11.5 Å². The summed E-state index contributed by atoms with van der Waals surface area (Å²) in [5.41, 5.74) is 7.32. The SMILES string of the molecule is Nc1ccc(-c2nnc(Cc3ccc(Cl)c(Oc4cc(Cl)cc(Br)c4)c3F)o2)cc1. The normalized spacial score (nSPS) is 10.9. The van der Waals surface area contributed by atoms with Gasteiger partial charge >= 0.3 is 0 Å². The van der Waals surface area contributed by atoms with Crippen LogP contribution in [0.15, 0.2) is 63.5 Å². The van der Waals surface area contributed by atoms with Gasteiger partial charge in [-0.2, -0.15) is 0 Å². The summed E-state index contributed by atoms with van der Waals surface area (Å²) >= 11 is 15.5. The van der Waals surface area contributed by atoms with E-state index in [1.165, 1.54) is 0 Å². The van der Waals surface area contributed by atoms with Crippen LogP contribution in [0, 0.1) is 5.82 Å². The zero-order chi connectivity index (χ0) is 21.3. The van der Waals surface area contributed by atoms with Crippen LogP contribution in [0.3, 0.4) is 0 Å². The summed E-state index contributed by atoms with van der Waals surface area (Å²) < 4.78 is 27.1. The Morgan fingerprint density at radius 2 is 1.80 bits per heavy atom. The lowest BCUT2D eigenvalue weighted by Gasteiger charge is -2.12. The first-order chi connectivity index (χ1) is 14.4. The maximum atomic E-state index is 15.1. The Hall–Kier alpha value is -2.61. The van der Waals surface area contributed by atoms with Gasteiger partial charge in [0, 0.05) is 26.3 Å². The minimum absolute atomic E-state index is 0.0700. The third kappa shape index (κ3) is 4.59. The van der Waals surface area contributed by atoms with Gasteiger partial charge in [0.15, 0.2) is 11.6 Å². The van der Waals surface area contributed by atoms with E-state index in [2.05, 4.69) is 26.1 Å². The first-order valence-corrected chi connectivity index (χ1v) is 10.2. The number of hydrogen-bond acceptors (Lipinski definition) is 5. The molecule has 0 saturated carbocycles. The zero-order valence-corrected chi connectivity index (χ0v) is 18.3. The van der Waals surface area contributed by atoms with E-state index >= 15 is 4.39 Å². The number of anilines is 1. The molecule has 0 amide bonds. The van der Waals surface area contributed by atoms with E-state index in [9.17, 15) is 0 Å². The molecule has 0 unspecified atom stereocenters. The van der Waals surface area contributed by atoms with Crippen molar-refractivity contribution in [1.29, 1.82) is 0 Å². The molecule has 1 heterocycles. The van der Waals surface area contributed by atoms with Gasteiger partial charge in [0.2, 0.25) is 11.8 Å². The predicted molar refractivity (Wildman–Crippen MR) is 118 cm³/mol. The van der Waals surface area contributed by atoms with Crippen LogP contribution < -0.4 is 10.5 Å². The Morgan fingerprint density at radius 1 is 1.03 bits per heavy atom. The summed E-state index contributed by atoms with van der Waals surface area (Å²) in [7, 11) is 0. The number of nitrogens with two attached hydrogens (primary N) is 1. The van der Waals surface area contributed by atoms with E-state index in [0.717, 1.165) is 5.56 Å². The van der Waals surface area contributed by atoms with Crippen LogP contribution in [0.2, 0.25) is 10.0 Å². The lowest BCUT2D eigenvalue weighted by atomic mass is 10.1. The minimum atomic E-state index is -0.620. The molecular formula is C21H13BrCl2FN3O2. The Labute approximate surface area is 189 Å². The minimum Gasteiger partial charge on any atom is -0.453 e. The van der Waals surface area contributed by atoms with Gasteiger partial charge in [0.25, 0.3) is 0 Å². The van der Waals surface area contributed by atoms with Crippen molar-refractivity contribution < 1.29 is 13.5 Å². The largest absolute Gasteiger partial charge is 0.453 e. The molecule has 9 heteroatoms. The van der Waals surface area contributed by atoms with Gasteiger partial charge in [-0.05, 0) is 48.5 Å². The summed E-state index contributed by atoms with van der Waals surface area (Å²) in [6.45, 7) is 0. The molecule has 0 radical (unpaired) electrons.